The largest absolute Gasteiger partial charge is 0.364 e. The van der Waals surface area contributed by atoms with Crippen LogP contribution in [-0.4, -0.2) is 31.3 Å². The zero-order valence-electron chi connectivity index (χ0n) is 8.76. The lowest BCUT2D eigenvalue weighted by Gasteiger charge is -2.02. The number of carbonyl (C=O) groups excluding carboxylic acids is 2. The molecule has 2 aromatic heterocycles. The van der Waals surface area contributed by atoms with Crippen molar-refractivity contribution in [2.45, 2.75) is 13.8 Å². The highest BCUT2D eigenvalue weighted by atomic mass is 16.1. The molecule has 0 aliphatic carbocycles. The highest BCUT2D eigenvalue weighted by Gasteiger charge is 2.16. The predicted octanol–water partition coefficient (Wildman–Crippen LogP) is -0.266. The number of rotatable bonds is 2. The molecule has 1 amide bonds. The van der Waals surface area contributed by atoms with Gasteiger partial charge >= 0.3 is 0 Å². The molecule has 0 aromatic carbocycles. The maximum absolute atomic E-state index is 11.2. The number of nitrogens with two attached hydrogens (primary N) is 1. The lowest BCUT2D eigenvalue weighted by molar-refractivity contribution is 0.0993. The predicted molar refractivity (Wildman–Crippen MR) is 54.0 cm³/mol. The van der Waals surface area contributed by atoms with E-state index in [0.29, 0.717) is 5.69 Å². The van der Waals surface area contributed by atoms with Crippen molar-refractivity contribution in [3.8, 4) is 0 Å². The number of fused-ring (bicyclic) bond motifs is 1. The molecular weight excluding hydrogens is 210 g/mol. The molecule has 7 heteroatoms. The second-order valence-electron chi connectivity index (χ2n) is 3.34. The quantitative estimate of drug-likeness (QED) is 0.700. The number of primary amides is 1. The van der Waals surface area contributed by atoms with Gasteiger partial charge in [-0.1, -0.05) is 0 Å². The SMILES string of the molecule is CC(=O)c1nnc2c(C(N)=O)ncn2c1C. The van der Waals surface area contributed by atoms with Crippen LogP contribution in [0.15, 0.2) is 6.33 Å². The Kier molecular flexibility index (Phi) is 2.15. The summed E-state index contributed by atoms with van der Waals surface area (Å²) in [5, 5.41) is 7.53. The topological polar surface area (TPSA) is 103 Å². The first-order chi connectivity index (χ1) is 7.52. The van der Waals surface area contributed by atoms with E-state index in [1.807, 2.05) is 0 Å². The van der Waals surface area contributed by atoms with Gasteiger partial charge < -0.3 is 5.73 Å². The van der Waals surface area contributed by atoms with Crippen LogP contribution in [0, 0.1) is 6.92 Å². The monoisotopic (exact) mass is 219 g/mol. The molecule has 0 radical (unpaired) electrons. The van der Waals surface area contributed by atoms with Gasteiger partial charge in [-0.25, -0.2) is 4.98 Å². The average Bonchev–Trinajstić information content (AvgIpc) is 2.61. The molecule has 7 nitrogen and oxygen atoms in total. The number of aromatic nitrogens is 4. The first kappa shape index (κ1) is 10.2. The minimum atomic E-state index is -0.674. The summed E-state index contributed by atoms with van der Waals surface area (Å²) >= 11 is 0. The molecule has 0 aliphatic heterocycles. The van der Waals surface area contributed by atoms with Crippen LogP contribution in [0.4, 0.5) is 0 Å². The number of hydrogen-bond acceptors (Lipinski definition) is 5. The number of hydrogen-bond donors (Lipinski definition) is 1. The number of ketones is 1. The first-order valence-electron chi connectivity index (χ1n) is 4.53. The van der Waals surface area contributed by atoms with Gasteiger partial charge in [-0.2, -0.15) is 0 Å². The number of nitrogens with zero attached hydrogens (tertiary/aromatic N) is 4. The van der Waals surface area contributed by atoms with Crippen molar-refractivity contribution in [2.75, 3.05) is 0 Å². The fraction of sp³-hybridized carbons (Fsp3) is 0.222. The Morgan fingerprint density at radius 1 is 1.31 bits per heavy atom. The van der Waals surface area contributed by atoms with E-state index >= 15 is 0 Å². The summed E-state index contributed by atoms with van der Waals surface area (Å²) in [5.41, 5.74) is 6.26. The third-order valence-electron chi connectivity index (χ3n) is 2.26. The van der Waals surface area contributed by atoms with Crippen LogP contribution >= 0.6 is 0 Å². The smallest absolute Gasteiger partial charge is 0.271 e. The molecule has 2 N–H and O–H groups in total. The molecule has 2 rings (SSSR count). The van der Waals surface area contributed by atoms with Gasteiger partial charge in [0.25, 0.3) is 5.91 Å². The van der Waals surface area contributed by atoms with Gasteiger partial charge in [0.15, 0.2) is 17.1 Å². The second kappa shape index (κ2) is 3.37. The minimum absolute atomic E-state index is 0.0469. The normalized spacial score (nSPS) is 10.6. The zero-order valence-corrected chi connectivity index (χ0v) is 8.76. The van der Waals surface area contributed by atoms with Crippen LogP contribution < -0.4 is 5.73 Å². The van der Waals surface area contributed by atoms with Crippen molar-refractivity contribution in [2.24, 2.45) is 5.73 Å². The van der Waals surface area contributed by atoms with Gasteiger partial charge in [0.1, 0.15) is 12.0 Å². The molecule has 16 heavy (non-hydrogen) atoms. The maximum atomic E-state index is 11.2. The summed E-state index contributed by atoms with van der Waals surface area (Å²) < 4.78 is 1.52. The first-order valence-corrected chi connectivity index (χ1v) is 4.53. The van der Waals surface area contributed by atoms with Crippen LogP contribution in [0.5, 0.6) is 0 Å². The van der Waals surface area contributed by atoms with Crippen LogP contribution in [0.2, 0.25) is 0 Å². The zero-order chi connectivity index (χ0) is 11.9. The molecule has 2 aromatic rings. The van der Waals surface area contributed by atoms with Crippen LogP contribution in [0.25, 0.3) is 5.65 Å². The average molecular weight is 219 g/mol. The molecule has 0 saturated carbocycles. The Labute approximate surface area is 90.3 Å². The van der Waals surface area contributed by atoms with Gasteiger partial charge in [0, 0.05) is 6.92 Å². The molecule has 82 valence electrons. The minimum Gasteiger partial charge on any atom is -0.364 e. The summed E-state index contributed by atoms with van der Waals surface area (Å²) in [7, 11) is 0. The van der Waals surface area contributed by atoms with Crippen molar-refractivity contribution in [1.29, 1.82) is 0 Å². The van der Waals surface area contributed by atoms with Crippen LogP contribution in [0.3, 0.4) is 0 Å². The molecular formula is C9H9N5O2. The van der Waals surface area contributed by atoms with E-state index in [1.54, 1.807) is 6.92 Å². The summed E-state index contributed by atoms with van der Waals surface area (Å²) in [4.78, 5) is 26.1. The van der Waals surface area contributed by atoms with Crippen molar-refractivity contribution >= 4 is 17.3 Å². The fourth-order valence-electron chi connectivity index (χ4n) is 1.47. The van der Waals surface area contributed by atoms with Gasteiger partial charge in [-0.05, 0) is 6.92 Å². The van der Waals surface area contributed by atoms with Crippen molar-refractivity contribution in [3.05, 3.63) is 23.4 Å². The Bertz CT molecular complexity index is 601. The number of Topliss-reactive ketones (excluding diaryl/α,β-unsaturated/α-hetero) is 1. The van der Waals surface area contributed by atoms with Crippen LogP contribution in [0.1, 0.15) is 33.6 Å². The van der Waals surface area contributed by atoms with Crippen LogP contribution in [-0.2, 0) is 0 Å². The molecule has 0 fully saturated rings. The van der Waals surface area contributed by atoms with Gasteiger partial charge in [-0.3, -0.25) is 14.0 Å². The molecule has 2 heterocycles. The molecule has 0 saturated heterocycles. The van der Waals surface area contributed by atoms with Crippen molar-refractivity contribution in [3.63, 3.8) is 0 Å². The van der Waals surface area contributed by atoms with E-state index in [9.17, 15) is 9.59 Å². The van der Waals surface area contributed by atoms with E-state index in [1.165, 1.54) is 17.7 Å². The number of imidazole rings is 1. The van der Waals surface area contributed by atoms with Gasteiger partial charge in [-0.15, -0.1) is 10.2 Å². The number of aryl methyl sites for hydroxylation is 1. The third-order valence-corrected chi connectivity index (χ3v) is 2.26. The lowest BCUT2D eigenvalue weighted by Crippen LogP contribution is -2.14. The third kappa shape index (κ3) is 1.33. The van der Waals surface area contributed by atoms with E-state index in [0.717, 1.165) is 0 Å². The van der Waals surface area contributed by atoms with E-state index < -0.39 is 5.91 Å². The van der Waals surface area contributed by atoms with E-state index in [2.05, 4.69) is 15.2 Å². The molecule has 0 atom stereocenters. The summed E-state index contributed by atoms with van der Waals surface area (Å²) in [6.07, 6.45) is 1.39. The molecule has 0 spiro atoms. The van der Waals surface area contributed by atoms with E-state index in [4.69, 9.17) is 5.73 Å². The Hall–Kier alpha value is -2.31. The molecule has 0 bridgehead atoms. The van der Waals surface area contributed by atoms with Gasteiger partial charge in [0.05, 0.1) is 5.69 Å². The summed E-state index contributed by atoms with van der Waals surface area (Å²) in [5.74, 6) is -0.868. The Morgan fingerprint density at radius 3 is 2.56 bits per heavy atom. The summed E-state index contributed by atoms with van der Waals surface area (Å²) in [6.45, 7) is 3.10. The van der Waals surface area contributed by atoms with Crippen molar-refractivity contribution in [1.82, 2.24) is 19.6 Å². The fourth-order valence-corrected chi connectivity index (χ4v) is 1.47. The van der Waals surface area contributed by atoms with Crippen molar-refractivity contribution < 1.29 is 9.59 Å². The lowest BCUT2D eigenvalue weighted by atomic mass is 10.2. The highest BCUT2D eigenvalue weighted by Crippen LogP contribution is 2.10. The Balaban J connectivity index is 2.78. The summed E-state index contributed by atoms with van der Waals surface area (Å²) in [6, 6.07) is 0. The Morgan fingerprint density at radius 2 is 2.00 bits per heavy atom. The highest BCUT2D eigenvalue weighted by molar-refractivity contribution is 5.97. The molecule has 0 unspecified atom stereocenters. The number of carbonyl (C=O) groups is 2. The van der Waals surface area contributed by atoms with Gasteiger partial charge in [0.2, 0.25) is 0 Å². The molecule has 0 aliphatic rings. The maximum Gasteiger partial charge on any atom is 0.271 e. The standard InChI is InChI=1S/C9H9N5O2/c1-4-6(5(2)15)12-13-9-7(8(10)16)11-3-14(4)9/h3H,1-2H3,(H2,10,16). The number of amides is 1. The second-order valence-corrected chi connectivity index (χ2v) is 3.34. The van der Waals surface area contributed by atoms with E-state index in [-0.39, 0.29) is 22.8 Å².